The van der Waals surface area contributed by atoms with Crippen molar-refractivity contribution in [3.05, 3.63) is 54.0 Å². The van der Waals surface area contributed by atoms with Crippen LogP contribution >= 0.6 is 0 Å². The van der Waals surface area contributed by atoms with Gasteiger partial charge < -0.3 is 4.74 Å². The first kappa shape index (κ1) is 21.1. The lowest BCUT2D eigenvalue weighted by Gasteiger charge is -2.06. The van der Waals surface area contributed by atoms with E-state index in [0.29, 0.717) is 11.6 Å². The van der Waals surface area contributed by atoms with E-state index in [1.807, 2.05) is 12.3 Å². The van der Waals surface area contributed by atoms with Gasteiger partial charge in [-0.25, -0.2) is 9.37 Å². The van der Waals surface area contributed by atoms with Crippen LogP contribution in [0.1, 0.15) is 71.3 Å². The van der Waals surface area contributed by atoms with Crippen molar-refractivity contribution in [2.45, 2.75) is 72.1 Å². The molecule has 1 heterocycles. The summed E-state index contributed by atoms with van der Waals surface area (Å²) in [6, 6.07) is 9.91. The molecule has 0 aliphatic rings. The number of hydrogen-bond donors (Lipinski definition) is 0. The number of aromatic nitrogens is 1. The second-order valence-corrected chi connectivity index (χ2v) is 6.29. The van der Waals surface area contributed by atoms with E-state index in [9.17, 15) is 4.39 Å². The fraction of sp³-hybridized carbons (Fsp3) is 0.500. The zero-order valence-electron chi connectivity index (χ0n) is 14.6. The van der Waals surface area contributed by atoms with Gasteiger partial charge in [0.05, 0.1) is 0 Å². The Morgan fingerprint density at radius 3 is 2.08 bits per heavy atom. The fourth-order valence-corrected chi connectivity index (χ4v) is 2.71. The predicted octanol–water partition coefficient (Wildman–Crippen LogP) is 7.33. The number of ether oxygens (including phenoxy) is 1. The van der Waals surface area contributed by atoms with E-state index < -0.39 is 0 Å². The number of unbranched alkanes of at least 4 members (excludes halogenated alkanes) is 7. The van der Waals surface area contributed by atoms with Crippen molar-refractivity contribution in [3.63, 3.8) is 0 Å². The van der Waals surface area contributed by atoms with E-state index in [0.717, 1.165) is 6.42 Å². The van der Waals surface area contributed by atoms with Crippen LogP contribution in [0.2, 0.25) is 0 Å². The van der Waals surface area contributed by atoms with Gasteiger partial charge in [-0.3, -0.25) is 0 Å². The van der Waals surface area contributed by atoms with Gasteiger partial charge in [0.1, 0.15) is 11.6 Å². The maximum Gasteiger partial charge on any atom is 0.219 e. The molecule has 2 aromatic rings. The van der Waals surface area contributed by atoms with Crippen LogP contribution in [0.25, 0.3) is 0 Å². The highest BCUT2D eigenvalue weighted by molar-refractivity contribution is 5.28. The van der Waals surface area contributed by atoms with Gasteiger partial charge in [0, 0.05) is 12.3 Å². The van der Waals surface area contributed by atoms with Crippen molar-refractivity contribution >= 4 is 0 Å². The monoisotopic (exact) mass is 345 g/mol. The highest BCUT2D eigenvalue weighted by Crippen LogP contribution is 2.20. The molecule has 0 aliphatic heterocycles. The van der Waals surface area contributed by atoms with Crippen LogP contribution in [0.3, 0.4) is 0 Å². The van der Waals surface area contributed by atoms with Gasteiger partial charge in [0.2, 0.25) is 5.88 Å². The summed E-state index contributed by atoms with van der Waals surface area (Å²) in [5.41, 5.74) is 1.24. The molecule has 138 valence electrons. The van der Waals surface area contributed by atoms with Crippen LogP contribution < -0.4 is 4.74 Å². The number of nitrogens with zero attached hydrogens (tertiary/aromatic N) is 1. The van der Waals surface area contributed by atoms with Crippen LogP contribution in [0.15, 0.2) is 42.6 Å². The van der Waals surface area contributed by atoms with Gasteiger partial charge in [-0.1, -0.05) is 65.4 Å². The van der Waals surface area contributed by atoms with Crippen molar-refractivity contribution in [1.82, 2.24) is 4.98 Å². The average Bonchev–Trinajstić information content (AvgIpc) is 2.61. The third-order valence-corrected chi connectivity index (χ3v) is 4.15. The summed E-state index contributed by atoms with van der Waals surface area (Å²) < 4.78 is 18.5. The summed E-state index contributed by atoms with van der Waals surface area (Å²) in [4.78, 5) is 4.33. The third-order valence-electron chi connectivity index (χ3n) is 4.15. The topological polar surface area (TPSA) is 22.1 Å². The van der Waals surface area contributed by atoms with Crippen molar-refractivity contribution < 1.29 is 9.13 Å². The molecule has 3 heteroatoms. The molecule has 1 aromatic heterocycles. The van der Waals surface area contributed by atoms with Gasteiger partial charge in [-0.2, -0.15) is 0 Å². The molecule has 0 N–H and O–H groups in total. The molecule has 0 radical (unpaired) electrons. The molecule has 0 saturated heterocycles. The minimum atomic E-state index is -0.268. The summed E-state index contributed by atoms with van der Waals surface area (Å²) in [5, 5.41) is 0. The highest BCUT2D eigenvalue weighted by Gasteiger charge is 2.00. The van der Waals surface area contributed by atoms with E-state index in [-0.39, 0.29) is 13.2 Å². The highest BCUT2D eigenvalue weighted by atomic mass is 19.1. The number of benzene rings is 1. The molecule has 25 heavy (non-hydrogen) atoms. The summed E-state index contributed by atoms with van der Waals surface area (Å²) in [5.74, 6) is 0.872. The molecular weight excluding hydrogens is 313 g/mol. The zero-order valence-corrected chi connectivity index (χ0v) is 14.6. The second kappa shape index (κ2) is 12.5. The van der Waals surface area contributed by atoms with Crippen LogP contribution in [0.4, 0.5) is 4.39 Å². The van der Waals surface area contributed by atoms with E-state index >= 15 is 0 Å². The molecule has 0 aliphatic carbocycles. The summed E-state index contributed by atoms with van der Waals surface area (Å²) >= 11 is 0. The fourth-order valence-electron chi connectivity index (χ4n) is 2.71. The number of hydrogen-bond acceptors (Lipinski definition) is 2. The summed E-state index contributed by atoms with van der Waals surface area (Å²) in [6.07, 6.45) is 13.6. The van der Waals surface area contributed by atoms with Crippen molar-refractivity contribution in [2.75, 3.05) is 0 Å². The molecule has 0 saturated carbocycles. The Labute approximate surface area is 152 Å². The molecule has 0 spiro atoms. The minimum absolute atomic E-state index is 0. The Morgan fingerprint density at radius 2 is 1.48 bits per heavy atom. The first-order valence-corrected chi connectivity index (χ1v) is 9.16. The molecule has 2 nitrogen and oxygen atoms in total. The van der Waals surface area contributed by atoms with Crippen molar-refractivity contribution in [3.8, 4) is 11.6 Å². The van der Waals surface area contributed by atoms with Gasteiger partial charge >= 0.3 is 0 Å². The smallest absolute Gasteiger partial charge is 0.219 e. The Kier molecular flexibility index (Phi) is 10.5. The van der Waals surface area contributed by atoms with Crippen molar-refractivity contribution in [2.24, 2.45) is 0 Å². The Morgan fingerprint density at radius 1 is 0.840 bits per heavy atom. The summed E-state index contributed by atoms with van der Waals surface area (Å²) in [6.45, 7) is 2.25. The van der Waals surface area contributed by atoms with Crippen LogP contribution in [-0.4, -0.2) is 4.98 Å². The van der Waals surface area contributed by atoms with Crippen LogP contribution in [0, 0.1) is 5.82 Å². The molecule has 0 bridgehead atoms. The van der Waals surface area contributed by atoms with Gasteiger partial charge in [0.25, 0.3) is 0 Å². The van der Waals surface area contributed by atoms with Crippen LogP contribution in [-0.2, 0) is 6.42 Å². The molecule has 0 amide bonds. The lowest BCUT2D eigenvalue weighted by molar-refractivity contribution is 0.460. The molecule has 0 unspecified atom stereocenters. The van der Waals surface area contributed by atoms with E-state index in [1.165, 1.54) is 69.1 Å². The van der Waals surface area contributed by atoms with Crippen LogP contribution in [0.5, 0.6) is 11.6 Å². The Balaban J connectivity index is 0.00000312. The zero-order chi connectivity index (χ0) is 17.0. The maximum atomic E-state index is 12.9. The molecule has 1 aromatic carbocycles. The number of rotatable bonds is 11. The normalized spacial score (nSPS) is 10.3. The predicted molar refractivity (Wildman–Crippen MR) is 104 cm³/mol. The molecule has 0 fully saturated rings. The van der Waals surface area contributed by atoms with Gasteiger partial charge in [-0.05, 0) is 42.7 Å². The van der Waals surface area contributed by atoms with E-state index in [2.05, 4.69) is 18.0 Å². The van der Waals surface area contributed by atoms with E-state index in [4.69, 9.17) is 4.74 Å². The van der Waals surface area contributed by atoms with Gasteiger partial charge in [-0.15, -0.1) is 0 Å². The first-order chi connectivity index (χ1) is 11.8. The van der Waals surface area contributed by atoms with E-state index in [1.54, 1.807) is 12.1 Å². The number of pyridine rings is 1. The molecule has 0 atom stereocenters. The molecule has 2 rings (SSSR count). The first-order valence-electron chi connectivity index (χ1n) is 9.16. The lowest BCUT2D eigenvalue weighted by Crippen LogP contribution is -1.91. The minimum Gasteiger partial charge on any atom is -0.439 e. The Bertz CT molecular complexity index is 566. The second-order valence-electron chi connectivity index (χ2n) is 6.29. The Hall–Kier alpha value is -1.90. The van der Waals surface area contributed by atoms with Crippen molar-refractivity contribution in [1.29, 1.82) is 0 Å². The standard InChI is InChI=1S/C21H28FNO.CH4/c1-2-3-4-5-6-7-8-9-10-18-11-16-21(23-17-18)24-20-14-12-19(22)13-15-20;/h11-17H,2-10H2,1H3;1H4. The summed E-state index contributed by atoms with van der Waals surface area (Å²) in [7, 11) is 0. The largest absolute Gasteiger partial charge is 0.439 e. The quantitative estimate of drug-likeness (QED) is 0.398. The SMILES string of the molecule is C.CCCCCCCCCCc1ccc(Oc2ccc(F)cc2)nc1. The lowest BCUT2D eigenvalue weighted by atomic mass is 10.1. The number of halogens is 1. The molecular formula is C22H32FNO. The third kappa shape index (κ3) is 8.67. The average molecular weight is 346 g/mol. The van der Waals surface area contributed by atoms with Gasteiger partial charge in [0.15, 0.2) is 0 Å². The number of aryl methyl sites for hydroxylation is 1. The maximum absolute atomic E-state index is 12.9.